The summed E-state index contributed by atoms with van der Waals surface area (Å²) in [4.78, 5) is 13.2. The number of halogens is 1. The van der Waals surface area contributed by atoms with Crippen LogP contribution in [0.25, 0.3) is 11.0 Å². The summed E-state index contributed by atoms with van der Waals surface area (Å²) in [7, 11) is 0. The summed E-state index contributed by atoms with van der Waals surface area (Å²) in [6, 6.07) is 0. The molecule has 18 heavy (non-hydrogen) atoms. The molecule has 0 radical (unpaired) electrons. The van der Waals surface area contributed by atoms with Gasteiger partial charge in [0.15, 0.2) is 5.65 Å². The molecule has 94 valence electrons. The third kappa shape index (κ3) is 1.72. The number of pyridine rings is 1. The van der Waals surface area contributed by atoms with Gasteiger partial charge in [-0.05, 0) is 55.8 Å². The van der Waals surface area contributed by atoms with E-state index in [9.17, 15) is 0 Å². The first kappa shape index (κ1) is 11.7. The summed E-state index contributed by atoms with van der Waals surface area (Å²) >= 11 is 5.96. The van der Waals surface area contributed by atoms with Gasteiger partial charge >= 0.3 is 0 Å². The number of rotatable bonds is 2. The number of nitrogens with one attached hydrogen (secondary N) is 1. The maximum Gasteiger partial charge on any atom is 0.226 e. The van der Waals surface area contributed by atoms with Crippen molar-refractivity contribution in [3.05, 3.63) is 22.1 Å². The number of fused-ring (bicyclic) bond motifs is 2. The summed E-state index contributed by atoms with van der Waals surface area (Å²) in [6.45, 7) is 4.98. The highest BCUT2D eigenvalue weighted by Gasteiger charge is 2.20. The third-order valence-corrected chi connectivity index (χ3v) is 3.63. The highest BCUT2D eigenvalue weighted by Crippen LogP contribution is 2.32. The quantitative estimate of drug-likeness (QED) is 0.846. The fraction of sp³-hybridized carbons (Fsp3) is 0.462. The van der Waals surface area contributed by atoms with E-state index in [0.29, 0.717) is 5.65 Å². The van der Waals surface area contributed by atoms with Gasteiger partial charge in [-0.15, -0.1) is 0 Å². The zero-order valence-electron chi connectivity index (χ0n) is 10.5. The molecular weight excluding hydrogens is 248 g/mol. The Morgan fingerprint density at radius 2 is 2.06 bits per heavy atom. The fourth-order valence-corrected chi connectivity index (χ4v) is 2.84. The van der Waals surface area contributed by atoms with Gasteiger partial charge in [-0.25, -0.2) is 9.97 Å². The topological polar surface area (TPSA) is 50.7 Å². The lowest BCUT2D eigenvalue weighted by atomic mass is 10.1. The van der Waals surface area contributed by atoms with Crippen molar-refractivity contribution < 1.29 is 0 Å². The van der Waals surface area contributed by atoms with Crippen molar-refractivity contribution in [3.8, 4) is 0 Å². The van der Waals surface area contributed by atoms with Crippen LogP contribution in [0.1, 0.15) is 30.2 Å². The normalized spacial score (nSPS) is 13.9. The number of nitrogens with zero attached hydrogens (tertiary/aromatic N) is 3. The Bertz CT molecular complexity index is 624. The first-order valence-corrected chi connectivity index (χ1v) is 6.68. The second-order valence-electron chi connectivity index (χ2n) is 4.59. The maximum atomic E-state index is 5.96. The lowest BCUT2D eigenvalue weighted by molar-refractivity contribution is 0.899. The molecule has 4 nitrogen and oxygen atoms in total. The molecule has 0 saturated carbocycles. The summed E-state index contributed by atoms with van der Waals surface area (Å²) < 4.78 is 0. The molecule has 5 heteroatoms. The second kappa shape index (κ2) is 4.35. The molecule has 2 heterocycles. The van der Waals surface area contributed by atoms with E-state index >= 15 is 0 Å². The predicted molar refractivity (Wildman–Crippen MR) is 73.3 cm³/mol. The van der Waals surface area contributed by atoms with Crippen molar-refractivity contribution in [3.63, 3.8) is 0 Å². The second-order valence-corrected chi connectivity index (χ2v) is 4.92. The molecule has 0 saturated heterocycles. The Hall–Kier alpha value is -1.42. The lowest BCUT2D eigenvalue weighted by Gasteiger charge is -2.12. The number of hydrogen-bond acceptors (Lipinski definition) is 4. The van der Waals surface area contributed by atoms with E-state index in [1.54, 1.807) is 0 Å². The number of hydrogen-bond donors (Lipinski definition) is 1. The average molecular weight is 263 g/mol. The molecule has 0 bridgehead atoms. The highest BCUT2D eigenvalue weighted by atomic mass is 35.5. The van der Waals surface area contributed by atoms with Crippen molar-refractivity contribution in [2.75, 3.05) is 11.9 Å². The van der Waals surface area contributed by atoms with Gasteiger partial charge in [-0.3, -0.25) is 0 Å². The number of aryl methyl sites for hydroxylation is 2. The van der Waals surface area contributed by atoms with Crippen molar-refractivity contribution in [1.82, 2.24) is 15.0 Å². The van der Waals surface area contributed by atoms with E-state index in [0.717, 1.165) is 30.6 Å². The summed E-state index contributed by atoms with van der Waals surface area (Å²) in [5, 5.41) is 4.52. The van der Waals surface area contributed by atoms with Crippen molar-refractivity contribution in [1.29, 1.82) is 0 Å². The van der Waals surface area contributed by atoms with Gasteiger partial charge in [0.1, 0.15) is 5.82 Å². The molecule has 2 aromatic heterocycles. The minimum atomic E-state index is 0.253. The van der Waals surface area contributed by atoms with E-state index < -0.39 is 0 Å². The minimum absolute atomic E-state index is 0.253. The molecule has 1 N–H and O–H groups in total. The molecule has 0 aromatic carbocycles. The standard InChI is InChI=1S/C13H15ClN4/c1-3-15-11-10-7(2)8-5-4-6-9(8)16-12(10)18-13(14)17-11/h3-6H2,1-2H3,(H,15,16,17,18). The van der Waals surface area contributed by atoms with Crippen LogP contribution in [0.15, 0.2) is 0 Å². The number of aromatic nitrogens is 3. The molecular formula is C13H15ClN4. The van der Waals surface area contributed by atoms with Crippen molar-refractivity contribution in [2.45, 2.75) is 33.1 Å². The minimum Gasteiger partial charge on any atom is -0.370 e. The van der Waals surface area contributed by atoms with Crippen LogP contribution >= 0.6 is 11.6 Å². The van der Waals surface area contributed by atoms with Gasteiger partial charge < -0.3 is 5.32 Å². The van der Waals surface area contributed by atoms with Crippen LogP contribution in [0.3, 0.4) is 0 Å². The van der Waals surface area contributed by atoms with Gasteiger partial charge in [0, 0.05) is 12.2 Å². The van der Waals surface area contributed by atoms with Crippen molar-refractivity contribution in [2.24, 2.45) is 0 Å². The average Bonchev–Trinajstić information content (AvgIpc) is 2.77. The molecule has 0 atom stereocenters. The summed E-state index contributed by atoms with van der Waals surface area (Å²) in [5.74, 6) is 0.798. The molecule has 2 aromatic rings. The van der Waals surface area contributed by atoms with Gasteiger partial charge in [-0.1, -0.05) is 0 Å². The first-order valence-electron chi connectivity index (χ1n) is 6.30. The van der Waals surface area contributed by atoms with E-state index in [2.05, 4.69) is 27.2 Å². The molecule has 0 spiro atoms. The van der Waals surface area contributed by atoms with Gasteiger partial charge in [0.05, 0.1) is 5.39 Å². The van der Waals surface area contributed by atoms with E-state index in [-0.39, 0.29) is 5.28 Å². The molecule has 0 aliphatic heterocycles. The Labute approximate surface area is 111 Å². The van der Waals surface area contributed by atoms with Crippen LogP contribution < -0.4 is 5.32 Å². The Morgan fingerprint density at radius 1 is 1.22 bits per heavy atom. The number of anilines is 1. The molecule has 1 aliphatic carbocycles. The van der Waals surface area contributed by atoms with E-state index in [1.165, 1.54) is 23.2 Å². The third-order valence-electron chi connectivity index (χ3n) is 3.46. The first-order chi connectivity index (χ1) is 8.70. The van der Waals surface area contributed by atoms with Crippen LogP contribution in [0.5, 0.6) is 0 Å². The van der Waals surface area contributed by atoms with Crippen LogP contribution in [0.4, 0.5) is 5.82 Å². The van der Waals surface area contributed by atoms with Crippen LogP contribution in [0.2, 0.25) is 5.28 Å². The maximum absolute atomic E-state index is 5.96. The highest BCUT2D eigenvalue weighted by molar-refractivity contribution is 6.28. The summed E-state index contributed by atoms with van der Waals surface area (Å²) in [5.41, 5.74) is 4.51. The lowest BCUT2D eigenvalue weighted by Crippen LogP contribution is -2.05. The Morgan fingerprint density at radius 3 is 2.83 bits per heavy atom. The smallest absolute Gasteiger partial charge is 0.226 e. The van der Waals surface area contributed by atoms with E-state index in [1.807, 2.05) is 6.92 Å². The largest absolute Gasteiger partial charge is 0.370 e. The fourth-order valence-electron chi connectivity index (χ4n) is 2.68. The van der Waals surface area contributed by atoms with Crippen molar-refractivity contribution >= 4 is 28.5 Å². The van der Waals surface area contributed by atoms with Gasteiger partial charge in [-0.2, -0.15) is 4.98 Å². The SMILES string of the molecule is CCNc1nc(Cl)nc2nc3c(c(C)c12)CCC3. The Balaban J connectivity index is 2.35. The zero-order valence-corrected chi connectivity index (χ0v) is 11.3. The van der Waals surface area contributed by atoms with Gasteiger partial charge in [0.25, 0.3) is 0 Å². The van der Waals surface area contributed by atoms with Crippen LogP contribution in [-0.4, -0.2) is 21.5 Å². The van der Waals surface area contributed by atoms with Gasteiger partial charge in [0.2, 0.25) is 5.28 Å². The van der Waals surface area contributed by atoms with E-state index in [4.69, 9.17) is 11.6 Å². The zero-order chi connectivity index (χ0) is 12.7. The molecule has 3 rings (SSSR count). The molecule has 1 aliphatic rings. The van der Waals surface area contributed by atoms with Crippen LogP contribution in [-0.2, 0) is 12.8 Å². The monoisotopic (exact) mass is 262 g/mol. The Kier molecular flexibility index (Phi) is 2.82. The molecule has 0 unspecified atom stereocenters. The van der Waals surface area contributed by atoms with Crippen LogP contribution in [0, 0.1) is 6.92 Å². The molecule has 0 amide bonds. The predicted octanol–water partition coefficient (Wildman–Crippen LogP) is 2.91. The summed E-state index contributed by atoms with van der Waals surface area (Å²) in [6.07, 6.45) is 3.33. The molecule has 0 fully saturated rings.